The molecule has 2 aromatic carbocycles. The fourth-order valence-electron chi connectivity index (χ4n) is 2.51. The Hall–Kier alpha value is -3.26. The number of ether oxygens (including phenoxy) is 1. The lowest BCUT2D eigenvalue weighted by Gasteiger charge is -2.02. The average molecular weight is 368 g/mol. The molecular formula is C18H13FN4O2S. The predicted octanol–water partition coefficient (Wildman–Crippen LogP) is 3.86. The summed E-state index contributed by atoms with van der Waals surface area (Å²) < 4.78 is 20.5. The average Bonchev–Trinajstić information content (AvgIpc) is 3.22. The number of nitrogens with zero attached hydrogens (tertiary/aromatic N) is 3. The number of anilines is 1. The lowest BCUT2D eigenvalue weighted by molar-refractivity contribution is 0.102. The maximum Gasteiger partial charge on any atom is 0.261 e. The summed E-state index contributed by atoms with van der Waals surface area (Å²) in [5, 5.41) is 8.78. The molecule has 2 aromatic heterocycles. The van der Waals surface area contributed by atoms with E-state index in [1.165, 1.54) is 29.5 Å². The van der Waals surface area contributed by atoms with Gasteiger partial charge in [0.15, 0.2) is 0 Å². The highest BCUT2D eigenvalue weighted by atomic mass is 32.1. The second-order valence-electron chi connectivity index (χ2n) is 5.41. The number of aromatic nitrogens is 3. The van der Waals surface area contributed by atoms with Crippen LogP contribution in [-0.2, 0) is 0 Å². The van der Waals surface area contributed by atoms with Crippen LogP contribution < -0.4 is 10.1 Å². The molecule has 6 nitrogen and oxygen atoms in total. The summed E-state index contributed by atoms with van der Waals surface area (Å²) in [6.07, 6.45) is 0. The van der Waals surface area contributed by atoms with Gasteiger partial charge in [-0.1, -0.05) is 12.1 Å². The molecule has 0 radical (unpaired) electrons. The molecule has 130 valence electrons. The van der Waals surface area contributed by atoms with Gasteiger partial charge < -0.3 is 4.74 Å². The van der Waals surface area contributed by atoms with E-state index in [-0.39, 0.29) is 11.5 Å². The number of carbonyl (C=O) groups is 1. The Morgan fingerprint density at radius 3 is 2.69 bits per heavy atom. The molecule has 0 spiro atoms. The Morgan fingerprint density at radius 1 is 1.19 bits per heavy atom. The number of carbonyl (C=O) groups excluding carboxylic acids is 1. The summed E-state index contributed by atoms with van der Waals surface area (Å²) in [4.78, 5) is 17.1. The van der Waals surface area contributed by atoms with Gasteiger partial charge in [0.25, 0.3) is 11.9 Å². The van der Waals surface area contributed by atoms with Gasteiger partial charge in [0.1, 0.15) is 11.6 Å². The van der Waals surface area contributed by atoms with E-state index < -0.39 is 11.7 Å². The molecule has 0 aliphatic rings. The number of nitrogens with one attached hydrogen (secondary N) is 1. The first-order valence-corrected chi connectivity index (χ1v) is 8.58. The highest BCUT2D eigenvalue weighted by Crippen LogP contribution is 2.27. The van der Waals surface area contributed by atoms with E-state index in [4.69, 9.17) is 4.74 Å². The van der Waals surface area contributed by atoms with Crippen LogP contribution in [-0.4, -0.2) is 27.6 Å². The van der Waals surface area contributed by atoms with Gasteiger partial charge in [0.05, 0.1) is 18.4 Å². The van der Waals surface area contributed by atoms with Crippen LogP contribution >= 0.6 is 11.3 Å². The van der Waals surface area contributed by atoms with Crippen molar-refractivity contribution in [2.24, 2.45) is 0 Å². The van der Waals surface area contributed by atoms with Crippen molar-refractivity contribution in [2.75, 3.05) is 12.4 Å². The molecular weight excluding hydrogens is 355 g/mol. The molecule has 0 saturated heterocycles. The van der Waals surface area contributed by atoms with Crippen LogP contribution in [0, 0.1) is 5.82 Å². The Morgan fingerprint density at radius 2 is 1.96 bits per heavy atom. The van der Waals surface area contributed by atoms with Crippen LogP contribution in [0.4, 0.5) is 10.3 Å². The molecule has 1 amide bonds. The van der Waals surface area contributed by atoms with Crippen LogP contribution in [0.2, 0.25) is 0 Å². The second kappa shape index (κ2) is 6.57. The smallest absolute Gasteiger partial charge is 0.261 e. The summed E-state index contributed by atoms with van der Waals surface area (Å²) in [6.45, 7) is 0. The molecule has 0 saturated carbocycles. The molecule has 0 unspecified atom stereocenters. The third-order valence-corrected chi connectivity index (χ3v) is 4.63. The first-order valence-electron chi connectivity index (χ1n) is 7.70. The number of fused-ring (bicyclic) bond motifs is 1. The molecule has 26 heavy (non-hydrogen) atoms. The minimum atomic E-state index is -0.593. The zero-order chi connectivity index (χ0) is 18.1. The summed E-state index contributed by atoms with van der Waals surface area (Å²) in [5.41, 5.74) is 1.72. The number of rotatable bonds is 4. The molecule has 4 rings (SSSR count). The molecule has 4 aromatic rings. The number of halogens is 1. The lowest BCUT2D eigenvalue weighted by atomic mass is 10.2. The molecule has 0 fully saturated rings. The van der Waals surface area contributed by atoms with Gasteiger partial charge in [-0.15, -0.1) is 16.4 Å². The Balaban J connectivity index is 1.63. The summed E-state index contributed by atoms with van der Waals surface area (Å²) >= 11 is 1.40. The minimum absolute atomic E-state index is 0.0546. The van der Waals surface area contributed by atoms with Crippen molar-refractivity contribution in [3.63, 3.8) is 0 Å². The molecule has 1 N–H and O–H groups in total. The highest BCUT2D eigenvalue weighted by molar-refractivity contribution is 7.15. The van der Waals surface area contributed by atoms with Crippen LogP contribution in [0.1, 0.15) is 10.4 Å². The lowest BCUT2D eigenvalue weighted by Crippen LogP contribution is -2.14. The molecule has 0 atom stereocenters. The maximum atomic E-state index is 13.7. The van der Waals surface area contributed by atoms with E-state index in [2.05, 4.69) is 15.4 Å². The first kappa shape index (κ1) is 16.2. The monoisotopic (exact) mass is 368 g/mol. The fourth-order valence-corrected chi connectivity index (χ4v) is 3.34. The maximum absolute atomic E-state index is 13.7. The Labute approximate surface area is 151 Å². The largest absolute Gasteiger partial charge is 0.497 e. The standard InChI is InChI=1S/C18H13FN4O2S/c1-25-12-8-6-11(7-9-12)15-10-26-18-21-17(22-23(15)18)20-16(24)13-4-2-3-5-14(13)19/h2-10H,1H3,(H,20,22,24). The van der Waals surface area contributed by atoms with Gasteiger partial charge in [0.2, 0.25) is 4.96 Å². The molecule has 8 heteroatoms. The van der Waals surface area contributed by atoms with Crippen LogP contribution in [0.5, 0.6) is 5.75 Å². The van der Waals surface area contributed by atoms with Crippen molar-refractivity contribution in [2.45, 2.75) is 0 Å². The number of benzene rings is 2. The number of methoxy groups -OCH3 is 1. The van der Waals surface area contributed by atoms with E-state index >= 15 is 0 Å². The summed E-state index contributed by atoms with van der Waals surface area (Å²) in [5.74, 6) is -0.297. The third kappa shape index (κ3) is 2.91. The predicted molar refractivity (Wildman–Crippen MR) is 97.2 cm³/mol. The van der Waals surface area contributed by atoms with Crippen molar-refractivity contribution in [1.29, 1.82) is 0 Å². The zero-order valence-corrected chi connectivity index (χ0v) is 14.5. The van der Waals surface area contributed by atoms with Crippen molar-refractivity contribution >= 4 is 28.2 Å². The quantitative estimate of drug-likeness (QED) is 0.594. The summed E-state index contributed by atoms with van der Waals surface area (Å²) in [7, 11) is 1.61. The first-order chi connectivity index (χ1) is 12.7. The SMILES string of the molecule is COc1ccc(-c2csc3nc(NC(=O)c4ccccc4F)nn23)cc1. The Kier molecular flexibility index (Phi) is 4.10. The van der Waals surface area contributed by atoms with Crippen molar-refractivity contribution in [1.82, 2.24) is 14.6 Å². The summed E-state index contributed by atoms with van der Waals surface area (Å²) in [6, 6.07) is 13.3. The van der Waals surface area contributed by atoms with Gasteiger partial charge in [-0.2, -0.15) is 4.98 Å². The van der Waals surface area contributed by atoms with Gasteiger partial charge in [-0.05, 0) is 36.4 Å². The fraction of sp³-hybridized carbons (Fsp3) is 0.0556. The number of thiazole rings is 1. The molecule has 2 heterocycles. The molecule has 0 aliphatic carbocycles. The third-order valence-electron chi connectivity index (χ3n) is 3.81. The van der Waals surface area contributed by atoms with Gasteiger partial charge in [-0.25, -0.2) is 8.91 Å². The van der Waals surface area contributed by atoms with Crippen LogP contribution in [0.25, 0.3) is 16.2 Å². The van der Waals surface area contributed by atoms with Crippen molar-refractivity contribution in [3.8, 4) is 17.0 Å². The van der Waals surface area contributed by atoms with E-state index in [1.54, 1.807) is 17.7 Å². The normalized spacial score (nSPS) is 10.8. The highest BCUT2D eigenvalue weighted by Gasteiger charge is 2.16. The van der Waals surface area contributed by atoms with E-state index in [1.807, 2.05) is 29.6 Å². The van der Waals surface area contributed by atoms with Gasteiger partial charge >= 0.3 is 0 Å². The van der Waals surface area contributed by atoms with Crippen molar-refractivity contribution in [3.05, 3.63) is 65.3 Å². The second-order valence-corrected chi connectivity index (χ2v) is 6.25. The molecule has 0 aliphatic heterocycles. The van der Waals surface area contributed by atoms with Crippen molar-refractivity contribution < 1.29 is 13.9 Å². The van der Waals surface area contributed by atoms with Gasteiger partial charge in [-0.3, -0.25) is 10.1 Å². The van der Waals surface area contributed by atoms with E-state index in [9.17, 15) is 9.18 Å². The van der Waals surface area contributed by atoms with Gasteiger partial charge in [0, 0.05) is 10.9 Å². The molecule has 0 bridgehead atoms. The Bertz CT molecular complexity index is 1090. The van der Waals surface area contributed by atoms with E-state index in [0.29, 0.717) is 4.96 Å². The van der Waals surface area contributed by atoms with Crippen LogP contribution in [0.3, 0.4) is 0 Å². The zero-order valence-electron chi connectivity index (χ0n) is 13.6. The number of amides is 1. The minimum Gasteiger partial charge on any atom is -0.497 e. The van der Waals surface area contributed by atoms with E-state index in [0.717, 1.165) is 17.0 Å². The van der Waals surface area contributed by atoms with Crippen LogP contribution in [0.15, 0.2) is 53.9 Å². The number of hydrogen-bond acceptors (Lipinski definition) is 5. The number of hydrogen-bond donors (Lipinski definition) is 1. The topological polar surface area (TPSA) is 68.5 Å².